The highest BCUT2D eigenvalue weighted by Gasteiger charge is 2.15. The standard InChI is InChI=1S/C30H48N8S3.6C7H8O3S.12H2O/c1-2-26-20-32-8-14-38-17-11-35-23-29-5-3-27(40-29)21-33-9-15-37(13-7-31-19-25(1)39-26)16-10-34-22-28-4-6-30(41-28)24-36-12-18-38;6*1-6-2-4-7(5-3-6)11(8,9)10;;;;;;;;;;;;/h1-6,31-36H,7-24H2;6*2-5H,1H3,(H,8,9,10);12*1H2. The van der Waals surface area contributed by atoms with Crippen LogP contribution in [0.5, 0.6) is 0 Å². The summed E-state index contributed by atoms with van der Waals surface area (Å²) in [6.45, 7) is 31.6. The second-order valence-electron chi connectivity index (χ2n) is 25.1. The lowest BCUT2D eigenvalue weighted by Crippen LogP contribution is -2.87. The van der Waals surface area contributed by atoms with Gasteiger partial charge >= 0.3 is 0 Å². The average Bonchev–Trinajstić information content (AvgIpc) is 1.85. The van der Waals surface area contributed by atoms with Gasteiger partial charge in [0.05, 0.1) is 97.9 Å². The third-order valence-electron chi connectivity index (χ3n) is 16.0. The van der Waals surface area contributed by atoms with Crippen LogP contribution in [0, 0.1) is 41.5 Å². The summed E-state index contributed by atoms with van der Waals surface area (Å²) >= 11 is 6.04. The minimum Gasteiger partial charge on any atom is -0.744 e. The highest BCUT2D eigenvalue weighted by atomic mass is 32.2. The van der Waals surface area contributed by atoms with Gasteiger partial charge in [-0.3, -0.25) is 9.80 Å². The van der Waals surface area contributed by atoms with Crippen molar-refractivity contribution in [2.45, 2.75) is 110 Å². The monoisotopic (exact) mass is 1860 g/mol. The molecule has 3 aromatic heterocycles. The first kappa shape index (κ1) is 128. The second kappa shape index (κ2) is 63.1. The Bertz CT molecular complexity index is 4080. The van der Waals surface area contributed by atoms with Crippen LogP contribution in [-0.4, -0.2) is 232 Å². The van der Waals surface area contributed by atoms with Gasteiger partial charge in [0.15, 0.2) is 0 Å². The maximum Gasteiger partial charge on any atom is 0.124 e. The zero-order valence-corrected chi connectivity index (χ0v) is 73.8. The summed E-state index contributed by atoms with van der Waals surface area (Å²) in [4.78, 5) is 13.4. The molecule has 119 heavy (non-hydrogen) atoms. The highest BCUT2D eigenvalue weighted by Crippen LogP contribution is 2.18. The molecule has 0 spiro atoms. The summed E-state index contributed by atoms with van der Waals surface area (Å²) in [5, 5.41) is 15.1. The van der Waals surface area contributed by atoms with Crippen LogP contribution in [0.2, 0.25) is 0 Å². The Kier molecular flexibility index (Phi) is 67.7. The predicted molar refractivity (Wildman–Crippen MR) is 447 cm³/mol. The van der Waals surface area contributed by atoms with E-state index in [-0.39, 0.29) is 95.1 Å². The fourth-order valence-corrected chi connectivity index (χ4v) is 15.8. The number of aryl methyl sites for hydroxylation is 6. The lowest BCUT2D eigenvalue weighted by Gasteiger charge is -2.20. The molecule has 36 N–H and O–H groups in total. The van der Waals surface area contributed by atoms with E-state index in [0.29, 0.717) is 0 Å². The Labute approximate surface area is 708 Å². The number of rotatable bonds is 6. The van der Waals surface area contributed by atoms with Crippen molar-refractivity contribution >= 4 is 94.7 Å². The highest BCUT2D eigenvalue weighted by molar-refractivity contribution is 7.87. The summed E-state index contributed by atoms with van der Waals surface area (Å²) in [5.74, 6) is 0. The van der Waals surface area contributed by atoms with Gasteiger partial charge in [-0.25, -0.2) is 50.5 Å². The Morgan fingerprint density at radius 1 is 0.210 bits per heavy atom. The summed E-state index contributed by atoms with van der Waals surface area (Å²) in [6, 6.07) is 48.9. The fourth-order valence-electron chi connectivity index (χ4n) is 9.93. The zero-order valence-electron chi connectivity index (χ0n) is 66.4. The van der Waals surface area contributed by atoms with Gasteiger partial charge in [-0.15, -0.1) is 34.0 Å². The van der Waals surface area contributed by atoms with Crippen LogP contribution in [0.1, 0.15) is 62.6 Å². The van der Waals surface area contributed by atoms with Crippen molar-refractivity contribution in [3.8, 4) is 0 Å². The molecule has 3 aliphatic heterocycles. The molecule has 6 heterocycles. The van der Waals surface area contributed by atoms with Crippen LogP contribution in [0.4, 0.5) is 0 Å². The molecular weight excluding hydrogens is 1750 g/mol. The van der Waals surface area contributed by atoms with Gasteiger partial charge in [0, 0.05) is 39.3 Å². The van der Waals surface area contributed by atoms with Crippen LogP contribution in [0.15, 0.2) is 211 Å². The topological polar surface area (TPSA) is 827 Å². The number of fused-ring (bicyclic) bond motifs is 18. The molecular formula is C72H120N8O30S9. The maximum absolute atomic E-state index is 10.4. The number of hydrogen-bond acceptors (Lipinski definition) is 23. The average molecular weight is 1870 g/mol. The van der Waals surface area contributed by atoms with E-state index in [4.69, 9.17) is 0 Å². The number of nitrogens with zero attached hydrogens (tertiary/aromatic N) is 2. The smallest absolute Gasteiger partial charge is 0.124 e. The molecule has 38 nitrogen and oxygen atoms in total. The first-order chi connectivity index (χ1) is 50.3. The third kappa shape index (κ3) is 52.9. The van der Waals surface area contributed by atoms with Gasteiger partial charge in [-0.1, -0.05) is 106 Å². The van der Waals surface area contributed by atoms with Crippen LogP contribution in [0.3, 0.4) is 0 Å². The molecule has 0 saturated heterocycles. The molecule has 47 heteroatoms. The summed E-state index contributed by atoms with van der Waals surface area (Å²) in [5.41, 5.74) is 5.57. The molecule has 12 rings (SSSR count). The Morgan fingerprint density at radius 3 is 0.420 bits per heavy atom. The first-order valence-electron chi connectivity index (χ1n) is 34.0. The van der Waals surface area contributed by atoms with E-state index in [2.05, 4.69) is 78.1 Å². The molecule has 0 saturated carbocycles. The molecule has 0 aliphatic carbocycles. The quantitative estimate of drug-likeness (QED) is 0.0842. The van der Waals surface area contributed by atoms with Gasteiger partial charge in [0.25, 0.3) is 0 Å². The normalized spacial score (nSPS) is 14.5. The van der Waals surface area contributed by atoms with E-state index in [1.807, 2.05) is 75.6 Å². The maximum atomic E-state index is 10.4. The SMILES string of the molecule is Cc1ccc(S(=O)(=O)[O-])cc1.Cc1ccc(S(=O)(=O)[O-])cc1.Cc1ccc(S(=O)(=O)[O-])cc1.Cc1ccc(S(=O)(=O)[O-])cc1.Cc1ccc(S(=O)(=O)[O-])cc1.Cc1ccc(S(=O)(=O)[O-])cc1.O.O.O.O.O.O.O.O.O.O.O.O.c1cc2sc1C[NH2+]CCN1CC[NH2+]Cc3ccc(s3)C[NH2+]CCN(CC[NH2+]C2)CC[NH2+]Cc2ccc(s2)C[NH2+]CC1. The van der Waals surface area contributed by atoms with E-state index in [0.717, 1.165) is 72.6 Å². The van der Waals surface area contributed by atoms with Crippen LogP contribution in [0.25, 0.3) is 0 Å². The van der Waals surface area contributed by atoms with Gasteiger partial charge in [0.2, 0.25) is 0 Å². The van der Waals surface area contributed by atoms with E-state index in [1.54, 1.807) is 72.8 Å². The summed E-state index contributed by atoms with van der Waals surface area (Å²) in [7, 11) is -25.6. The van der Waals surface area contributed by atoms with Crippen molar-refractivity contribution in [2.24, 2.45) is 0 Å². The van der Waals surface area contributed by atoms with Gasteiger partial charge in [-0.05, 0) is 151 Å². The third-order valence-corrected chi connectivity index (χ3v) is 24.5. The van der Waals surface area contributed by atoms with Crippen molar-refractivity contribution < 1.29 is 175 Å². The predicted octanol–water partition coefficient (Wildman–Crippen LogP) is -8.22. The molecule has 0 fully saturated rings. The molecule has 0 amide bonds. The Hall–Kier alpha value is -6.92. The Morgan fingerprint density at radius 2 is 0.319 bits per heavy atom. The second-order valence-corrected chi connectivity index (χ2v) is 37.1. The van der Waals surface area contributed by atoms with Crippen molar-refractivity contribution in [2.75, 3.05) is 78.5 Å². The first-order valence-corrected chi connectivity index (χ1v) is 44.9. The van der Waals surface area contributed by atoms with Crippen molar-refractivity contribution in [3.63, 3.8) is 0 Å². The summed E-state index contributed by atoms with van der Waals surface area (Å²) in [6.07, 6.45) is 0. The van der Waals surface area contributed by atoms with Gasteiger partial charge in [-0.2, -0.15) is 0 Å². The van der Waals surface area contributed by atoms with Crippen LogP contribution in [-0.2, 0) is 100.0 Å². The lowest BCUT2D eigenvalue weighted by atomic mass is 10.2. The number of benzene rings is 6. The number of nitrogens with two attached hydrogens (primary N) is 6. The van der Waals surface area contributed by atoms with Crippen molar-refractivity contribution in [1.82, 2.24) is 9.80 Å². The molecule has 0 unspecified atom stereocenters. The molecule has 0 atom stereocenters. The Balaban J connectivity index is -0.000000220. The van der Waals surface area contributed by atoms with Crippen LogP contribution < -0.4 is 31.9 Å². The van der Waals surface area contributed by atoms with E-state index < -0.39 is 60.7 Å². The number of thiophene rings is 3. The summed E-state index contributed by atoms with van der Waals surface area (Å²) < 4.78 is 187. The lowest BCUT2D eigenvalue weighted by molar-refractivity contribution is -0.678. The molecule has 3 aliphatic rings. The molecule has 9 aromatic rings. The van der Waals surface area contributed by atoms with Gasteiger partial charge in [0.1, 0.15) is 100.0 Å². The van der Waals surface area contributed by atoms with E-state index in [9.17, 15) is 77.8 Å². The molecule has 0 radical (unpaired) electrons. The minimum absolute atomic E-state index is 0. The van der Waals surface area contributed by atoms with E-state index >= 15 is 0 Å². The van der Waals surface area contributed by atoms with Crippen molar-refractivity contribution in [1.29, 1.82) is 0 Å². The zero-order chi connectivity index (χ0) is 78.9. The van der Waals surface area contributed by atoms with E-state index in [1.165, 1.54) is 181 Å². The van der Waals surface area contributed by atoms with Gasteiger partial charge < -0.3 is 125 Å². The molecule has 6 aromatic carbocycles. The molecule has 682 valence electrons. The number of quaternary nitrogens is 6. The number of hydrogen-bond donors (Lipinski definition) is 6. The van der Waals surface area contributed by atoms with Crippen LogP contribution >= 0.6 is 34.0 Å². The van der Waals surface area contributed by atoms with Crippen molar-refractivity contribution in [3.05, 3.63) is 245 Å². The molecule has 8 bridgehead atoms. The largest absolute Gasteiger partial charge is 0.744 e. The fraction of sp³-hybridized carbons (Fsp3) is 0.333. The minimum atomic E-state index is -4.27.